The Balaban J connectivity index is 0.00000324. The molecular weight excluding hydrogens is 287 g/mol. The minimum atomic E-state index is -0.873. The van der Waals surface area contributed by atoms with Crippen LogP contribution in [-0.2, 0) is 4.79 Å². The predicted molar refractivity (Wildman–Crippen MR) is 81.4 cm³/mol. The SMILES string of the molecule is CCCC(C)(N)C(=O)Nc1ccc(Cl)c(OC)c1.Cl. The number of nitrogens with one attached hydrogen (secondary N) is 1. The molecule has 3 N–H and O–H groups in total. The number of carbonyl (C=O) groups excluding carboxylic acids is 1. The summed E-state index contributed by atoms with van der Waals surface area (Å²) in [5.41, 5.74) is 5.70. The van der Waals surface area contributed by atoms with Crippen molar-refractivity contribution in [1.82, 2.24) is 0 Å². The summed E-state index contributed by atoms with van der Waals surface area (Å²) in [6.07, 6.45) is 1.48. The molecule has 6 heteroatoms. The summed E-state index contributed by atoms with van der Waals surface area (Å²) in [7, 11) is 1.52. The molecular formula is C13H20Cl2N2O2. The number of hydrogen-bond donors (Lipinski definition) is 2. The van der Waals surface area contributed by atoms with Gasteiger partial charge < -0.3 is 15.8 Å². The molecule has 0 bridgehead atoms. The molecule has 0 radical (unpaired) electrons. The number of benzene rings is 1. The minimum Gasteiger partial charge on any atom is -0.495 e. The molecule has 19 heavy (non-hydrogen) atoms. The summed E-state index contributed by atoms with van der Waals surface area (Å²) in [5.74, 6) is 0.303. The molecule has 108 valence electrons. The van der Waals surface area contributed by atoms with Crippen LogP contribution in [0.2, 0.25) is 5.02 Å². The highest BCUT2D eigenvalue weighted by atomic mass is 35.5. The van der Waals surface area contributed by atoms with Crippen LogP contribution in [0, 0.1) is 0 Å². The van der Waals surface area contributed by atoms with Crippen molar-refractivity contribution < 1.29 is 9.53 Å². The highest BCUT2D eigenvalue weighted by Gasteiger charge is 2.27. The second-order valence-corrected chi connectivity index (χ2v) is 4.88. The lowest BCUT2D eigenvalue weighted by Crippen LogP contribution is -2.48. The maximum absolute atomic E-state index is 12.0. The van der Waals surface area contributed by atoms with E-state index in [1.54, 1.807) is 25.1 Å². The summed E-state index contributed by atoms with van der Waals surface area (Å²) in [4.78, 5) is 12.0. The number of methoxy groups -OCH3 is 1. The summed E-state index contributed by atoms with van der Waals surface area (Å²) in [6, 6.07) is 5.05. The van der Waals surface area contributed by atoms with Crippen LogP contribution in [0.15, 0.2) is 18.2 Å². The Morgan fingerprint density at radius 1 is 1.53 bits per heavy atom. The van der Waals surface area contributed by atoms with Crippen molar-refractivity contribution in [2.75, 3.05) is 12.4 Å². The molecule has 4 nitrogen and oxygen atoms in total. The fraction of sp³-hybridized carbons (Fsp3) is 0.462. The maximum Gasteiger partial charge on any atom is 0.244 e. The molecule has 0 saturated carbocycles. The summed E-state index contributed by atoms with van der Waals surface area (Å²) >= 11 is 5.91. The Bertz CT molecular complexity index is 437. The molecule has 0 saturated heterocycles. The number of halogens is 2. The van der Waals surface area contributed by atoms with Crippen molar-refractivity contribution in [3.63, 3.8) is 0 Å². The third kappa shape index (κ3) is 4.90. The van der Waals surface area contributed by atoms with E-state index in [-0.39, 0.29) is 18.3 Å². The van der Waals surface area contributed by atoms with Crippen molar-refractivity contribution in [2.45, 2.75) is 32.2 Å². The molecule has 0 aromatic heterocycles. The molecule has 1 amide bonds. The van der Waals surface area contributed by atoms with Crippen LogP contribution in [0.3, 0.4) is 0 Å². The van der Waals surface area contributed by atoms with Gasteiger partial charge >= 0.3 is 0 Å². The Hall–Kier alpha value is -0.970. The zero-order valence-electron chi connectivity index (χ0n) is 11.3. The van der Waals surface area contributed by atoms with E-state index >= 15 is 0 Å². The first-order valence-electron chi connectivity index (χ1n) is 5.84. The van der Waals surface area contributed by atoms with E-state index in [9.17, 15) is 4.79 Å². The van der Waals surface area contributed by atoms with Gasteiger partial charge in [0.05, 0.1) is 17.7 Å². The smallest absolute Gasteiger partial charge is 0.244 e. The zero-order valence-corrected chi connectivity index (χ0v) is 12.9. The van der Waals surface area contributed by atoms with Crippen LogP contribution >= 0.6 is 24.0 Å². The molecule has 1 aromatic rings. The molecule has 0 heterocycles. The topological polar surface area (TPSA) is 64.4 Å². The van der Waals surface area contributed by atoms with E-state index in [4.69, 9.17) is 22.1 Å². The first-order valence-corrected chi connectivity index (χ1v) is 6.22. The fourth-order valence-electron chi connectivity index (χ4n) is 1.64. The van der Waals surface area contributed by atoms with E-state index in [1.807, 2.05) is 6.92 Å². The van der Waals surface area contributed by atoms with Crippen LogP contribution in [0.5, 0.6) is 5.75 Å². The molecule has 1 rings (SSSR count). The molecule has 1 atom stereocenters. The average molecular weight is 307 g/mol. The molecule has 0 fully saturated rings. The van der Waals surface area contributed by atoms with E-state index < -0.39 is 5.54 Å². The van der Waals surface area contributed by atoms with Gasteiger partial charge in [-0.25, -0.2) is 0 Å². The first-order chi connectivity index (χ1) is 8.40. The number of ether oxygens (including phenoxy) is 1. The number of rotatable bonds is 5. The number of carbonyl (C=O) groups is 1. The van der Waals surface area contributed by atoms with E-state index in [0.717, 1.165) is 6.42 Å². The maximum atomic E-state index is 12.0. The van der Waals surface area contributed by atoms with Crippen molar-refractivity contribution in [1.29, 1.82) is 0 Å². The second kappa shape index (κ2) is 7.58. The number of hydrogen-bond acceptors (Lipinski definition) is 3. The first kappa shape index (κ1) is 18.0. The normalized spacial score (nSPS) is 13.1. The van der Waals surface area contributed by atoms with Gasteiger partial charge in [0.15, 0.2) is 0 Å². The van der Waals surface area contributed by atoms with Gasteiger partial charge in [-0.2, -0.15) is 0 Å². The lowest BCUT2D eigenvalue weighted by Gasteiger charge is -2.23. The Morgan fingerprint density at radius 2 is 2.16 bits per heavy atom. The van der Waals surface area contributed by atoms with Crippen molar-refractivity contribution in [3.05, 3.63) is 23.2 Å². The Kier molecular flexibility index (Phi) is 7.19. The lowest BCUT2D eigenvalue weighted by atomic mass is 9.96. The summed E-state index contributed by atoms with van der Waals surface area (Å²) in [6.45, 7) is 3.71. The number of amides is 1. The van der Waals surface area contributed by atoms with Crippen LogP contribution in [0.4, 0.5) is 5.69 Å². The van der Waals surface area contributed by atoms with Gasteiger partial charge in [0, 0.05) is 11.8 Å². The lowest BCUT2D eigenvalue weighted by molar-refractivity contribution is -0.120. The van der Waals surface area contributed by atoms with Gasteiger partial charge in [0.25, 0.3) is 0 Å². The fourth-order valence-corrected chi connectivity index (χ4v) is 1.84. The average Bonchev–Trinajstić information content (AvgIpc) is 2.31. The Morgan fingerprint density at radius 3 is 2.68 bits per heavy atom. The standard InChI is InChI=1S/C13H19ClN2O2.ClH/c1-4-7-13(2,15)12(17)16-9-5-6-10(14)11(8-9)18-3;/h5-6,8H,4,7,15H2,1-3H3,(H,16,17);1H. The van der Waals surface area contributed by atoms with Crippen LogP contribution in [-0.4, -0.2) is 18.6 Å². The second-order valence-electron chi connectivity index (χ2n) is 4.47. The van der Waals surface area contributed by atoms with Gasteiger partial charge in [-0.3, -0.25) is 4.79 Å². The quantitative estimate of drug-likeness (QED) is 0.878. The molecule has 1 unspecified atom stereocenters. The van der Waals surface area contributed by atoms with Gasteiger partial charge in [0.2, 0.25) is 5.91 Å². The molecule has 0 aliphatic carbocycles. The van der Waals surface area contributed by atoms with Gasteiger partial charge in [-0.15, -0.1) is 12.4 Å². The molecule has 0 aliphatic rings. The van der Waals surface area contributed by atoms with Crippen molar-refractivity contribution in [3.8, 4) is 5.75 Å². The van der Waals surface area contributed by atoms with E-state index in [2.05, 4.69) is 5.32 Å². The van der Waals surface area contributed by atoms with Crippen molar-refractivity contribution >= 4 is 35.6 Å². The van der Waals surface area contributed by atoms with Crippen LogP contribution in [0.25, 0.3) is 0 Å². The van der Waals surface area contributed by atoms with Crippen LogP contribution in [0.1, 0.15) is 26.7 Å². The largest absolute Gasteiger partial charge is 0.495 e. The Labute approximate surface area is 125 Å². The predicted octanol–water partition coefficient (Wildman–Crippen LogP) is 3.23. The third-order valence-corrected chi connectivity index (χ3v) is 3.01. The van der Waals surface area contributed by atoms with E-state index in [1.165, 1.54) is 7.11 Å². The van der Waals surface area contributed by atoms with Crippen LogP contribution < -0.4 is 15.8 Å². The van der Waals surface area contributed by atoms with Gasteiger partial charge in [-0.05, 0) is 25.5 Å². The highest BCUT2D eigenvalue weighted by molar-refractivity contribution is 6.32. The van der Waals surface area contributed by atoms with Gasteiger partial charge in [0.1, 0.15) is 5.75 Å². The third-order valence-electron chi connectivity index (χ3n) is 2.70. The molecule has 0 aliphatic heterocycles. The summed E-state index contributed by atoms with van der Waals surface area (Å²) in [5, 5.41) is 3.27. The molecule has 0 spiro atoms. The molecule has 1 aromatic carbocycles. The number of anilines is 1. The van der Waals surface area contributed by atoms with Crippen molar-refractivity contribution in [2.24, 2.45) is 5.73 Å². The highest BCUT2D eigenvalue weighted by Crippen LogP contribution is 2.27. The van der Waals surface area contributed by atoms with Gasteiger partial charge in [-0.1, -0.05) is 24.9 Å². The number of nitrogens with two attached hydrogens (primary N) is 1. The zero-order chi connectivity index (χ0) is 13.8. The van der Waals surface area contributed by atoms with E-state index in [0.29, 0.717) is 22.9 Å². The summed E-state index contributed by atoms with van der Waals surface area (Å²) < 4.78 is 5.09. The minimum absolute atomic E-state index is 0. The monoisotopic (exact) mass is 306 g/mol.